The molecule has 1 N–H and O–H groups in total. The van der Waals surface area contributed by atoms with Crippen LogP contribution < -0.4 is 14.4 Å². The number of nitrogens with one attached hydrogen (secondary N) is 1. The van der Waals surface area contributed by atoms with Crippen LogP contribution in [0.15, 0.2) is 72.0 Å². The van der Waals surface area contributed by atoms with E-state index in [9.17, 15) is 22.4 Å². The molecule has 1 fully saturated rings. The van der Waals surface area contributed by atoms with Gasteiger partial charge in [-0.05, 0) is 48.9 Å². The lowest BCUT2D eigenvalue weighted by Gasteiger charge is -2.35. The monoisotopic (exact) mass is 615 g/mol. The van der Waals surface area contributed by atoms with Crippen molar-refractivity contribution in [3.8, 4) is 17.0 Å². The minimum Gasteiger partial charge on any atom is -0.480 e. The third kappa shape index (κ3) is 6.32. The van der Waals surface area contributed by atoms with E-state index in [4.69, 9.17) is 11.3 Å². The zero-order chi connectivity index (χ0) is 31.4. The summed E-state index contributed by atoms with van der Waals surface area (Å²) < 4.78 is 48.3. The van der Waals surface area contributed by atoms with Crippen molar-refractivity contribution in [2.75, 3.05) is 42.9 Å². The van der Waals surface area contributed by atoms with Crippen LogP contribution in [-0.4, -0.2) is 73.2 Å². The Hall–Kier alpha value is -5.42. The number of nitrogens with zero attached hydrogens (tertiary/aromatic N) is 6. The second-order valence-electron chi connectivity index (χ2n) is 9.80. The number of ether oxygens (including phenoxy) is 1. The van der Waals surface area contributed by atoms with Crippen LogP contribution in [0, 0.1) is 12.4 Å². The highest BCUT2D eigenvalue weighted by atomic mass is 32.2. The Kier molecular flexibility index (Phi) is 8.50. The molecule has 0 saturated carbocycles. The molecule has 0 radical (unpaired) electrons. The van der Waals surface area contributed by atoms with Crippen molar-refractivity contribution in [2.45, 2.75) is 11.8 Å². The number of sulfonamides is 1. The SMILES string of the molecule is [C-]#[N+]c1ccc(S(=O)(=O)Nc2cc(-c3ccc4ncnc(N5CCN(C(=O)/C=C/C(C)=O)CC5)c4c3)cnc2OC)c(F)c1. The molecule has 3 heterocycles. The fourth-order valence-corrected chi connectivity index (χ4v) is 5.84. The van der Waals surface area contributed by atoms with Crippen LogP contribution in [-0.2, 0) is 19.6 Å². The van der Waals surface area contributed by atoms with Gasteiger partial charge in [0, 0.05) is 49.4 Å². The average molecular weight is 616 g/mol. The topological polar surface area (TPSA) is 139 Å². The Labute approximate surface area is 252 Å². The van der Waals surface area contributed by atoms with Gasteiger partial charge in [-0.2, -0.15) is 0 Å². The smallest absolute Gasteiger partial charge is 0.264 e. The molecule has 1 aliphatic heterocycles. The lowest BCUT2D eigenvalue weighted by Crippen LogP contribution is -2.48. The third-order valence-electron chi connectivity index (χ3n) is 6.92. The van der Waals surface area contributed by atoms with Gasteiger partial charge in [0.15, 0.2) is 11.5 Å². The molecule has 0 spiro atoms. The van der Waals surface area contributed by atoms with Crippen LogP contribution >= 0.6 is 0 Å². The predicted molar refractivity (Wildman–Crippen MR) is 161 cm³/mol. The zero-order valence-corrected chi connectivity index (χ0v) is 24.5. The van der Waals surface area contributed by atoms with E-state index in [0.717, 1.165) is 17.5 Å². The predicted octanol–water partition coefficient (Wildman–Crippen LogP) is 3.98. The first-order chi connectivity index (χ1) is 21.1. The van der Waals surface area contributed by atoms with Crippen molar-refractivity contribution in [2.24, 2.45) is 0 Å². The zero-order valence-electron chi connectivity index (χ0n) is 23.7. The number of ketones is 1. The molecule has 14 heteroatoms. The molecule has 2 aromatic carbocycles. The Balaban J connectivity index is 1.43. The number of aromatic nitrogens is 3. The molecule has 4 aromatic rings. The molecule has 1 amide bonds. The van der Waals surface area contributed by atoms with Crippen LogP contribution in [0.4, 0.5) is 21.6 Å². The lowest BCUT2D eigenvalue weighted by molar-refractivity contribution is -0.126. The van der Waals surface area contributed by atoms with E-state index in [1.807, 2.05) is 23.1 Å². The van der Waals surface area contributed by atoms with Crippen LogP contribution in [0.3, 0.4) is 0 Å². The molecule has 0 unspecified atom stereocenters. The number of anilines is 2. The van der Waals surface area contributed by atoms with Crippen LogP contribution in [0.2, 0.25) is 0 Å². The fourth-order valence-electron chi connectivity index (χ4n) is 4.73. The highest BCUT2D eigenvalue weighted by Gasteiger charge is 2.24. The number of allylic oxidation sites excluding steroid dienone is 1. The van der Waals surface area contributed by atoms with Crippen molar-refractivity contribution in [1.29, 1.82) is 0 Å². The summed E-state index contributed by atoms with van der Waals surface area (Å²) in [5.74, 6) is -0.835. The van der Waals surface area contributed by atoms with Crippen LogP contribution in [0.1, 0.15) is 6.92 Å². The van der Waals surface area contributed by atoms with E-state index in [2.05, 4.69) is 24.5 Å². The van der Waals surface area contributed by atoms with Gasteiger partial charge in [-0.1, -0.05) is 12.1 Å². The van der Waals surface area contributed by atoms with Gasteiger partial charge in [0.25, 0.3) is 10.0 Å². The quantitative estimate of drug-likeness (QED) is 0.230. The summed E-state index contributed by atoms with van der Waals surface area (Å²) in [5, 5.41) is 0.737. The maximum absolute atomic E-state index is 14.6. The molecule has 0 aliphatic carbocycles. The number of rotatable bonds is 8. The van der Waals surface area contributed by atoms with E-state index in [0.29, 0.717) is 48.6 Å². The number of hydrogen-bond donors (Lipinski definition) is 1. The van der Waals surface area contributed by atoms with E-state index in [1.54, 1.807) is 4.90 Å². The van der Waals surface area contributed by atoms with Gasteiger partial charge in [-0.15, -0.1) is 0 Å². The molecule has 0 bridgehead atoms. The maximum atomic E-state index is 14.6. The summed E-state index contributed by atoms with van der Waals surface area (Å²) >= 11 is 0. The van der Waals surface area contributed by atoms with E-state index in [-0.39, 0.29) is 28.9 Å². The Morgan fingerprint density at radius 3 is 2.48 bits per heavy atom. The van der Waals surface area contributed by atoms with Gasteiger partial charge >= 0.3 is 0 Å². The summed E-state index contributed by atoms with van der Waals surface area (Å²) in [4.78, 5) is 42.9. The van der Waals surface area contributed by atoms with Gasteiger partial charge in [0.2, 0.25) is 11.8 Å². The standard InChI is InChI=1S/C30H26FN7O5S/c1-19(39)4-9-28(40)37-10-12-38(13-11-37)29-23-14-20(5-7-25(23)34-18-35-29)21-15-26(30(43-3)33-17-21)36-44(41,42)27-8-6-22(32-2)16-24(27)31/h4-9,14-18,36H,10-13H2,1,3H3/b9-4+. The second-order valence-corrected chi connectivity index (χ2v) is 11.4. The summed E-state index contributed by atoms with van der Waals surface area (Å²) in [7, 11) is -3.07. The number of pyridine rings is 1. The van der Waals surface area contributed by atoms with Crippen molar-refractivity contribution < 1.29 is 27.1 Å². The Morgan fingerprint density at radius 2 is 1.80 bits per heavy atom. The number of fused-ring (bicyclic) bond motifs is 1. The number of hydrogen-bond acceptors (Lipinski definition) is 9. The van der Waals surface area contributed by atoms with Crippen LogP contribution in [0.25, 0.3) is 26.9 Å². The van der Waals surface area contributed by atoms with Gasteiger partial charge in [0.05, 0.1) is 19.2 Å². The molecule has 5 rings (SSSR count). The maximum Gasteiger partial charge on any atom is 0.264 e. The molecular weight excluding hydrogens is 589 g/mol. The van der Waals surface area contributed by atoms with Crippen LogP contribution in [0.5, 0.6) is 5.88 Å². The molecule has 1 saturated heterocycles. The van der Waals surface area contributed by atoms with E-state index >= 15 is 0 Å². The first kappa shape index (κ1) is 30.1. The number of benzene rings is 2. The first-order valence-corrected chi connectivity index (χ1v) is 14.8. The molecule has 224 valence electrons. The van der Waals surface area contributed by atoms with Gasteiger partial charge in [-0.3, -0.25) is 14.3 Å². The van der Waals surface area contributed by atoms with E-state index < -0.39 is 20.7 Å². The summed E-state index contributed by atoms with van der Waals surface area (Å²) in [6.07, 6.45) is 5.52. The van der Waals surface area contributed by atoms with Gasteiger partial charge in [-0.25, -0.2) is 32.6 Å². The summed E-state index contributed by atoms with van der Waals surface area (Å²) in [6.45, 7) is 10.3. The van der Waals surface area contributed by atoms with Gasteiger partial charge < -0.3 is 14.5 Å². The minimum absolute atomic E-state index is 0.0112. The normalized spacial score (nSPS) is 13.6. The van der Waals surface area contributed by atoms with Crippen molar-refractivity contribution >= 4 is 49.8 Å². The Bertz CT molecular complexity index is 1950. The highest BCUT2D eigenvalue weighted by molar-refractivity contribution is 7.92. The van der Waals surface area contributed by atoms with E-state index in [1.165, 1.54) is 50.8 Å². The van der Waals surface area contributed by atoms with Gasteiger partial charge in [0.1, 0.15) is 28.5 Å². The summed E-state index contributed by atoms with van der Waals surface area (Å²) in [5.41, 5.74) is 1.86. The highest BCUT2D eigenvalue weighted by Crippen LogP contribution is 2.34. The average Bonchev–Trinajstić information content (AvgIpc) is 3.02. The second kappa shape index (κ2) is 12.4. The number of amides is 1. The molecule has 1 aliphatic rings. The molecule has 0 atom stereocenters. The fraction of sp³-hybridized carbons (Fsp3) is 0.200. The number of carbonyl (C=O) groups excluding carboxylic acids is 2. The van der Waals surface area contributed by atoms with Crippen molar-refractivity contribution in [1.82, 2.24) is 19.9 Å². The lowest BCUT2D eigenvalue weighted by atomic mass is 10.0. The number of piperazine rings is 1. The largest absolute Gasteiger partial charge is 0.480 e. The number of methoxy groups -OCH3 is 1. The molecule has 2 aromatic heterocycles. The number of halogens is 1. The summed E-state index contributed by atoms with van der Waals surface area (Å²) in [6, 6.07) is 10.1. The number of carbonyl (C=O) groups is 2. The van der Waals surface area contributed by atoms with Crippen molar-refractivity contribution in [3.63, 3.8) is 0 Å². The molecular formula is C30H26FN7O5S. The first-order valence-electron chi connectivity index (χ1n) is 13.3. The molecule has 44 heavy (non-hydrogen) atoms. The minimum atomic E-state index is -4.40. The molecule has 12 nitrogen and oxygen atoms in total. The third-order valence-corrected chi connectivity index (χ3v) is 8.32. The van der Waals surface area contributed by atoms with Crippen molar-refractivity contribution in [3.05, 3.63) is 84.4 Å². The Morgan fingerprint density at radius 1 is 1.02 bits per heavy atom.